The molecule has 0 aliphatic rings. The van der Waals surface area contributed by atoms with Crippen LogP contribution in [0, 0.1) is 0 Å². The molecule has 0 bridgehead atoms. The Bertz CT molecular complexity index is 315. The molecule has 0 heterocycles. The third-order valence-electron chi connectivity index (χ3n) is 1.91. The van der Waals surface area contributed by atoms with Crippen LogP contribution in [0.4, 0.5) is 0 Å². The average Bonchev–Trinajstić information content (AvgIpc) is 2.16. The van der Waals surface area contributed by atoms with E-state index in [-0.39, 0.29) is 12.8 Å². The van der Waals surface area contributed by atoms with Gasteiger partial charge >= 0.3 is 0 Å². The van der Waals surface area contributed by atoms with Gasteiger partial charge in [0.1, 0.15) is 5.75 Å². The van der Waals surface area contributed by atoms with E-state index in [1.54, 1.807) is 7.11 Å². The Morgan fingerprint density at radius 3 is 2.80 bits per heavy atom. The summed E-state index contributed by atoms with van der Waals surface area (Å²) >= 11 is 3.45. The Balaban J connectivity index is 2.87. The van der Waals surface area contributed by atoms with Crippen LogP contribution in [0.3, 0.4) is 0 Å². The molecule has 0 aliphatic heterocycles. The van der Waals surface area contributed by atoms with Crippen molar-refractivity contribution in [2.45, 2.75) is 19.4 Å². The molecule has 0 radical (unpaired) electrons. The van der Waals surface area contributed by atoms with E-state index in [9.17, 15) is 0 Å². The van der Waals surface area contributed by atoms with Crippen molar-refractivity contribution in [1.82, 2.24) is 0 Å². The van der Waals surface area contributed by atoms with Crippen molar-refractivity contribution >= 4 is 15.9 Å². The van der Waals surface area contributed by atoms with E-state index >= 15 is 0 Å². The van der Waals surface area contributed by atoms with Gasteiger partial charge in [-0.1, -0.05) is 12.1 Å². The van der Waals surface area contributed by atoms with Crippen LogP contribution >= 0.6 is 15.9 Å². The average molecular weight is 274 g/mol. The molecule has 1 rings (SSSR count). The maximum atomic E-state index is 5.77. The second-order valence-electron chi connectivity index (χ2n) is 3.46. The number of hydrogen-bond donors (Lipinski definition) is 1. The third kappa shape index (κ3) is 3.81. The van der Waals surface area contributed by atoms with Crippen molar-refractivity contribution in [3.05, 3.63) is 28.2 Å². The Morgan fingerprint density at radius 2 is 2.20 bits per heavy atom. The first-order valence-electron chi connectivity index (χ1n) is 4.80. The molecule has 0 spiro atoms. The maximum Gasteiger partial charge on any atom is 0.188 e. The van der Waals surface area contributed by atoms with E-state index in [1.165, 1.54) is 0 Å². The predicted molar refractivity (Wildman–Crippen MR) is 64.0 cm³/mol. The molecule has 4 heteroatoms. The van der Waals surface area contributed by atoms with Gasteiger partial charge < -0.3 is 15.2 Å². The molecule has 1 aromatic carbocycles. The zero-order chi connectivity index (χ0) is 11.3. The minimum Gasteiger partial charge on any atom is -0.466 e. The van der Waals surface area contributed by atoms with Crippen LogP contribution in [-0.4, -0.2) is 19.9 Å². The van der Waals surface area contributed by atoms with E-state index in [4.69, 9.17) is 15.2 Å². The Labute approximate surface area is 98.7 Å². The van der Waals surface area contributed by atoms with Crippen LogP contribution in [0.15, 0.2) is 22.7 Å². The summed E-state index contributed by atoms with van der Waals surface area (Å²) in [5, 5.41) is 0. The summed E-state index contributed by atoms with van der Waals surface area (Å²) in [6, 6.07) is 6.04. The number of rotatable bonds is 5. The fraction of sp³-hybridized carbons (Fsp3) is 0.455. The minimum absolute atomic E-state index is 0.115. The first-order valence-corrected chi connectivity index (χ1v) is 5.59. The topological polar surface area (TPSA) is 44.5 Å². The van der Waals surface area contributed by atoms with Crippen molar-refractivity contribution in [2.75, 3.05) is 13.9 Å². The maximum absolute atomic E-state index is 5.77. The van der Waals surface area contributed by atoms with Crippen LogP contribution in [0.25, 0.3) is 0 Å². The molecule has 2 N–H and O–H groups in total. The molecule has 0 amide bonds. The zero-order valence-corrected chi connectivity index (χ0v) is 10.6. The molecule has 3 nitrogen and oxygen atoms in total. The number of para-hydroxylation sites is 1. The molecule has 0 aliphatic carbocycles. The van der Waals surface area contributed by atoms with Gasteiger partial charge in [-0.15, -0.1) is 0 Å². The van der Waals surface area contributed by atoms with Crippen LogP contribution < -0.4 is 10.5 Å². The van der Waals surface area contributed by atoms with Crippen LogP contribution in [0.2, 0.25) is 0 Å². The van der Waals surface area contributed by atoms with Gasteiger partial charge in [-0.3, -0.25) is 0 Å². The summed E-state index contributed by atoms with van der Waals surface area (Å²) in [4.78, 5) is 0. The Morgan fingerprint density at radius 1 is 1.47 bits per heavy atom. The number of hydrogen-bond acceptors (Lipinski definition) is 3. The van der Waals surface area contributed by atoms with Crippen molar-refractivity contribution in [3.8, 4) is 5.75 Å². The fourth-order valence-electron chi connectivity index (χ4n) is 1.34. The predicted octanol–water partition coefficient (Wildman–Crippen LogP) is 2.32. The lowest BCUT2D eigenvalue weighted by Gasteiger charge is -2.13. The smallest absolute Gasteiger partial charge is 0.188 e. The quantitative estimate of drug-likeness (QED) is 0.838. The van der Waals surface area contributed by atoms with E-state index in [0.29, 0.717) is 0 Å². The summed E-state index contributed by atoms with van der Waals surface area (Å²) in [6.07, 6.45) is 0.790. The first kappa shape index (κ1) is 12.5. The van der Waals surface area contributed by atoms with Gasteiger partial charge in [0.25, 0.3) is 0 Å². The molecule has 0 aromatic heterocycles. The van der Waals surface area contributed by atoms with Crippen molar-refractivity contribution in [1.29, 1.82) is 0 Å². The lowest BCUT2D eigenvalue weighted by atomic mass is 10.1. The number of benzene rings is 1. The molecular weight excluding hydrogens is 258 g/mol. The normalized spacial score (nSPS) is 12.5. The Hall–Kier alpha value is -0.580. The monoisotopic (exact) mass is 273 g/mol. The summed E-state index contributed by atoms with van der Waals surface area (Å²) in [6.45, 7) is 2.22. The highest BCUT2D eigenvalue weighted by Crippen LogP contribution is 2.29. The van der Waals surface area contributed by atoms with E-state index in [0.717, 1.165) is 22.2 Å². The van der Waals surface area contributed by atoms with E-state index < -0.39 is 0 Å². The van der Waals surface area contributed by atoms with Gasteiger partial charge in [0.15, 0.2) is 6.79 Å². The van der Waals surface area contributed by atoms with Gasteiger partial charge in [0.05, 0.1) is 4.47 Å². The van der Waals surface area contributed by atoms with E-state index in [1.807, 2.05) is 25.1 Å². The second-order valence-corrected chi connectivity index (χ2v) is 4.31. The minimum atomic E-state index is 0.115. The molecule has 84 valence electrons. The van der Waals surface area contributed by atoms with Crippen LogP contribution in [-0.2, 0) is 11.2 Å². The highest BCUT2D eigenvalue weighted by atomic mass is 79.9. The fourth-order valence-corrected chi connectivity index (χ4v) is 1.86. The number of ether oxygens (including phenoxy) is 2. The lowest BCUT2D eigenvalue weighted by Crippen LogP contribution is -2.18. The summed E-state index contributed by atoms with van der Waals surface area (Å²) in [5.74, 6) is 0.816. The molecule has 0 saturated heterocycles. The highest BCUT2D eigenvalue weighted by Gasteiger charge is 2.09. The van der Waals surface area contributed by atoms with Crippen LogP contribution in [0.1, 0.15) is 12.5 Å². The zero-order valence-electron chi connectivity index (χ0n) is 9.00. The third-order valence-corrected chi connectivity index (χ3v) is 2.54. The van der Waals surface area contributed by atoms with E-state index in [2.05, 4.69) is 15.9 Å². The standard InChI is InChI=1S/C11H16BrNO2/c1-8(13)6-9-4-3-5-10(12)11(9)15-7-14-2/h3-5,8H,6-7,13H2,1-2H3. The second kappa shape index (κ2) is 6.10. The largest absolute Gasteiger partial charge is 0.466 e. The Kier molecular flexibility index (Phi) is 5.08. The van der Waals surface area contributed by atoms with Crippen molar-refractivity contribution in [3.63, 3.8) is 0 Å². The molecule has 1 aromatic rings. The molecule has 1 unspecified atom stereocenters. The summed E-state index contributed by atoms with van der Waals surface area (Å²) in [7, 11) is 1.60. The molecular formula is C11H16BrNO2. The van der Waals surface area contributed by atoms with Gasteiger partial charge in [0.2, 0.25) is 0 Å². The van der Waals surface area contributed by atoms with Crippen molar-refractivity contribution < 1.29 is 9.47 Å². The van der Waals surface area contributed by atoms with Gasteiger partial charge in [-0.05, 0) is 40.9 Å². The van der Waals surface area contributed by atoms with Gasteiger partial charge in [-0.2, -0.15) is 0 Å². The lowest BCUT2D eigenvalue weighted by molar-refractivity contribution is 0.0498. The van der Waals surface area contributed by atoms with Crippen LogP contribution in [0.5, 0.6) is 5.75 Å². The summed E-state index contributed by atoms with van der Waals surface area (Å²) in [5.41, 5.74) is 6.86. The van der Waals surface area contributed by atoms with Gasteiger partial charge in [0, 0.05) is 13.2 Å². The van der Waals surface area contributed by atoms with Crippen molar-refractivity contribution in [2.24, 2.45) is 5.73 Å². The molecule has 0 saturated carbocycles. The first-order chi connectivity index (χ1) is 7.15. The number of nitrogens with two attached hydrogens (primary N) is 1. The molecule has 1 atom stereocenters. The molecule has 15 heavy (non-hydrogen) atoms. The highest BCUT2D eigenvalue weighted by molar-refractivity contribution is 9.10. The SMILES string of the molecule is COCOc1c(Br)cccc1CC(C)N. The molecule has 0 fully saturated rings. The summed E-state index contributed by atoms with van der Waals surface area (Å²) < 4.78 is 11.3. The van der Waals surface area contributed by atoms with Gasteiger partial charge in [-0.25, -0.2) is 0 Å². The number of methoxy groups -OCH3 is 1. The number of halogens is 1.